The quantitative estimate of drug-likeness (QED) is 0.688. The van der Waals surface area contributed by atoms with Crippen LogP contribution in [0.2, 0.25) is 0 Å². The smallest absolute Gasteiger partial charge is 0.206 e. The molecule has 0 radical (unpaired) electrons. The second kappa shape index (κ2) is 4.06. The zero-order chi connectivity index (χ0) is 10.1. The SMILES string of the molecule is O=S(=O)(C(F)F)N1CCCC1CCl. The van der Waals surface area contributed by atoms with Crippen molar-refractivity contribution >= 4 is 21.6 Å². The highest BCUT2D eigenvalue weighted by Crippen LogP contribution is 2.25. The Morgan fingerprint density at radius 3 is 2.62 bits per heavy atom. The van der Waals surface area contributed by atoms with Crippen molar-refractivity contribution in [3.8, 4) is 0 Å². The van der Waals surface area contributed by atoms with Crippen LogP contribution in [0.25, 0.3) is 0 Å². The molecule has 1 rings (SSSR count). The van der Waals surface area contributed by atoms with Gasteiger partial charge in [-0.1, -0.05) is 0 Å². The van der Waals surface area contributed by atoms with Gasteiger partial charge in [-0.3, -0.25) is 0 Å². The zero-order valence-electron chi connectivity index (χ0n) is 6.79. The maximum absolute atomic E-state index is 12.1. The molecule has 3 nitrogen and oxygen atoms in total. The molecule has 0 aromatic rings. The van der Waals surface area contributed by atoms with Crippen molar-refractivity contribution < 1.29 is 17.2 Å². The Balaban J connectivity index is 2.82. The first-order valence-electron chi connectivity index (χ1n) is 3.85. The molecule has 0 N–H and O–H groups in total. The number of alkyl halides is 3. The Morgan fingerprint density at radius 2 is 2.15 bits per heavy atom. The van der Waals surface area contributed by atoms with E-state index in [4.69, 9.17) is 11.6 Å². The lowest BCUT2D eigenvalue weighted by Crippen LogP contribution is -2.39. The summed E-state index contributed by atoms with van der Waals surface area (Å²) in [5.41, 5.74) is 0. The summed E-state index contributed by atoms with van der Waals surface area (Å²) in [7, 11) is -4.42. The summed E-state index contributed by atoms with van der Waals surface area (Å²) < 4.78 is 47.1. The van der Waals surface area contributed by atoms with Crippen LogP contribution in [-0.2, 0) is 10.0 Å². The lowest BCUT2D eigenvalue weighted by Gasteiger charge is -2.21. The van der Waals surface area contributed by atoms with E-state index in [2.05, 4.69) is 0 Å². The van der Waals surface area contributed by atoms with E-state index < -0.39 is 21.8 Å². The van der Waals surface area contributed by atoms with Crippen molar-refractivity contribution in [2.45, 2.75) is 24.6 Å². The zero-order valence-corrected chi connectivity index (χ0v) is 8.36. The highest BCUT2D eigenvalue weighted by Gasteiger charge is 2.39. The number of halogens is 3. The summed E-state index contributed by atoms with van der Waals surface area (Å²) >= 11 is 5.46. The fraction of sp³-hybridized carbons (Fsp3) is 1.00. The average molecular weight is 234 g/mol. The van der Waals surface area contributed by atoms with Gasteiger partial charge in [0.1, 0.15) is 0 Å². The summed E-state index contributed by atoms with van der Waals surface area (Å²) in [4.78, 5) is 0. The second-order valence-electron chi connectivity index (χ2n) is 2.87. The van der Waals surface area contributed by atoms with E-state index in [1.54, 1.807) is 0 Å². The molecule has 1 saturated heterocycles. The third-order valence-electron chi connectivity index (χ3n) is 2.05. The molecule has 0 aliphatic carbocycles. The van der Waals surface area contributed by atoms with E-state index in [0.29, 0.717) is 12.8 Å². The first kappa shape index (κ1) is 11.1. The first-order valence-corrected chi connectivity index (χ1v) is 5.88. The molecule has 1 unspecified atom stereocenters. The summed E-state index contributed by atoms with van der Waals surface area (Å²) in [6, 6.07) is -0.458. The van der Waals surface area contributed by atoms with Crippen LogP contribution in [0, 0.1) is 0 Å². The van der Waals surface area contributed by atoms with Gasteiger partial charge in [0.05, 0.1) is 0 Å². The van der Waals surface area contributed by atoms with Crippen LogP contribution in [0.1, 0.15) is 12.8 Å². The fourth-order valence-corrected chi connectivity index (χ4v) is 2.99. The summed E-state index contributed by atoms with van der Waals surface area (Å²) in [6.07, 6.45) is 1.17. The van der Waals surface area contributed by atoms with Gasteiger partial charge < -0.3 is 0 Å². The van der Waals surface area contributed by atoms with Crippen LogP contribution in [0.4, 0.5) is 8.78 Å². The molecular formula is C6H10ClF2NO2S. The van der Waals surface area contributed by atoms with Crippen LogP contribution in [0.5, 0.6) is 0 Å². The number of hydrogen-bond acceptors (Lipinski definition) is 2. The molecule has 1 aliphatic heterocycles. The predicted molar refractivity (Wildman–Crippen MR) is 45.4 cm³/mol. The minimum absolute atomic E-state index is 0.0753. The molecule has 7 heteroatoms. The Kier molecular flexibility index (Phi) is 3.48. The topological polar surface area (TPSA) is 37.4 Å². The van der Waals surface area contributed by atoms with E-state index in [0.717, 1.165) is 4.31 Å². The molecule has 0 amide bonds. The summed E-state index contributed by atoms with van der Waals surface area (Å²) in [5, 5.41) is 0. The predicted octanol–water partition coefficient (Wildman–Crippen LogP) is 1.24. The van der Waals surface area contributed by atoms with E-state index in [1.165, 1.54) is 0 Å². The van der Waals surface area contributed by atoms with Crippen LogP contribution < -0.4 is 0 Å². The molecule has 0 spiro atoms. The van der Waals surface area contributed by atoms with E-state index in [-0.39, 0.29) is 12.4 Å². The molecular weight excluding hydrogens is 224 g/mol. The molecule has 1 fully saturated rings. The van der Waals surface area contributed by atoms with E-state index >= 15 is 0 Å². The van der Waals surface area contributed by atoms with Crippen LogP contribution in [-0.4, -0.2) is 36.9 Å². The van der Waals surface area contributed by atoms with Gasteiger partial charge in [-0.2, -0.15) is 13.1 Å². The minimum Gasteiger partial charge on any atom is -0.206 e. The van der Waals surface area contributed by atoms with Crippen molar-refractivity contribution in [3.05, 3.63) is 0 Å². The van der Waals surface area contributed by atoms with Gasteiger partial charge in [-0.05, 0) is 12.8 Å². The molecule has 0 bridgehead atoms. The molecule has 1 atom stereocenters. The molecule has 1 heterocycles. The van der Waals surface area contributed by atoms with Gasteiger partial charge in [-0.15, -0.1) is 11.6 Å². The summed E-state index contributed by atoms with van der Waals surface area (Å²) in [6.45, 7) is 0.157. The Labute approximate surface area is 80.7 Å². The fourth-order valence-electron chi connectivity index (χ4n) is 1.40. The summed E-state index contributed by atoms with van der Waals surface area (Å²) in [5.74, 6) is -3.26. The molecule has 78 valence electrons. The van der Waals surface area contributed by atoms with Crippen molar-refractivity contribution in [1.82, 2.24) is 4.31 Å². The first-order chi connectivity index (χ1) is 6.00. The van der Waals surface area contributed by atoms with Gasteiger partial charge >= 0.3 is 5.76 Å². The highest BCUT2D eigenvalue weighted by molar-refractivity contribution is 7.89. The van der Waals surface area contributed by atoms with Gasteiger partial charge in [0.15, 0.2) is 0 Å². The number of hydrogen-bond donors (Lipinski definition) is 0. The third-order valence-corrected chi connectivity index (χ3v) is 3.99. The maximum Gasteiger partial charge on any atom is 0.350 e. The van der Waals surface area contributed by atoms with Gasteiger partial charge in [0, 0.05) is 18.5 Å². The normalized spacial score (nSPS) is 25.7. The van der Waals surface area contributed by atoms with Gasteiger partial charge in [-0.25, -0.2) is 8.42 Å². The van der Waals surface area contributed by atoms with Gasteiger partial charge in [0.25, 0.3) is 10.0 Å². The number of nitrogens with zero attached hydrogens (tertiary/aromatic N) is 1. The van der Waals surface area contributed by atoms with Crippen LogP contribution >= 0.6 is 11.6 Å². The lowest BCUT2D eigenvalue weighted by molar-refractivity contribution is 0.218. The average Bonchev–Trinajstić information content (AvgIpc) is 2.51. The van der Waals surface area contributed by atoms with E-state index in [9.17, 15) is 17.2 Å². The molecule has 13 heavy (non-hydrogen) atoms. The maximum atomic E-state index is 12.1. The largest absolute Gasteiger partial charge is 0.350 e. The number of rotatable bonds is 3. The molecule has 1 aliphatic rings. The molecule has 0 aromatic heterocycles. The standard InChI is InChI=1S/C6H10ClF2NO2S/c7-4-5-2-1-3-10(5)13(11,12)6(8)9/h5-6H,1-4H2. The molecule has 0 aromatic carbocycles. The second-order valence-corrected chi connectivity index (χ2v) is 5.03. The lowest BCUT2D eigenvalue weighted by atomic mass is 10.3. The molecule has 0 saturated carbocycles. The van der Waals surface area contributed by atoms with Crippen molar-refractivity contribution in [2.24, 2.45) is 0 Å². The van der Waals surface area contributed by atoms with Crippen molar-refractivity contribution in [1.29, 1.82) is 0 Å². The van der Waals surface area contributed by atoms with Crippen molar-refractivity contribution in [3.63, 3.8) is 0 Å². The Morgan fingerprint density at radius 1 is 1.54 bits per heavy atom. The van der Waals surface area contributed by atoms with E-state index in [1.807, 2.05) is 0 Å². The minimum atomic E-state index is -4.42. The highest BCUT2D eigenvalue weighted by atomic mass is 35.5. The van der Waals surface area contributed by atoms with Crippen LogP contribution in [0.15, 0.2) is 0 Å². The van der Waals surface area contributed by atoms with Gasteiger partial charge in [0.2, 0.25) is 0 Å². The monoisotopic (exact) mass is 233 g/mol. The Bertz CT molecular complexity index is 270. The van der Waals surface area contributed by atoms with Crippen molar-refractivity contribution in [2.75, 3.05) is 12.4 Å². The third kappa shape index (κ3) is 2.11. The van der Waals surface area contributed by atoms with Crippen LogP contribution in [0.3, 0.4) is 0 Å². The number of sulfonamides is 1. The Hall–Kier alpha value is 0.0600.